The molecule has 4 aromatic rings. The zero-order valence-corrected chi connectivity index (χ0v) is 19.2. The van der Waals surface area contributed by atoms with Crippen LogP contribution in [-0.2, 0) is 6.54 Å². The summed E-state index contributed by atoms with van der Waals surface area (Å²) in [4.78, 5) is 21.7. The first kappa shape index (κ1) is 22.2. The molecule has 0 atom stereocenters. The molecule has 34 heavy (non-hydrogen) atoms. The smallest absolute Gasteiger partial charge is 0.250 e. The first-order chi connectivity index (χ1) is 16.5. The Labute approximate surface area is 196 Å². The maximum Gasteiger partial charge on any atom is 0.250 e. The molecule has 1 N–H and O–H groups in total. The lowest BCUT2D eigenvalue weighted by atomic mass is 10.1. The van der Waals surface area contributed by atoms with Crippen LogP contribution in [0.3, 0.4) is 0 Å². The number of rotatable bonds is 6. The highest BCUT2D eigenvalue weighted by atomic mass is 19.1. The number of nitrogens with zero attached hydrogens (tertiary/aromatic N) is 4. The summed E-state index contributed by atoms with van der Waals surface area (Å²) in [5.41, 5.74) is 4.24. The fourth-order valence-corrected chi connectivity index (χ4v) is 4.54. The summed E-state index contributed by atoms with van der Waals surface area (Å²) in [5.74, 6) is 0.0444. The molecule has 7 nitrogen and oxygen atoms in total. The van der Waals surface area contributed by atoms with Crippen LogP contribution in [0.25, 0.3) is 34.0 Å². The minimum Gasteiger partial charge on any atom is -0.354 e. The van der Waals surface area contributed by atoms with E-state index >= 15 is 0 Å². The van der Waals surface area contributed by atoms with E-state index in [-0.39, 0.29) is 17.4 Å². The first-order valence-electron chi connectivity index (χ1n) is 11.5. The summed E-state index contributed by atoms with van der Waals surface area (Å²) in [7, 11) is 1.82. The molecule has 1 saturated carbocycles. The minimum atomic E-state index is -0.363. The lowest BCUT2D eigenvalue weighted by Gasteiger charge is -2.14. The second-order valence-corrected chi connectivity index (χ2v) is 8.71. The number of pyridine rings is 1. The Morgan fingerprint density at radius 1 is 1.15 bits per heavy atom. The van der Waals surface area contributed by atoms with Crippen LogP contribution in [0.15, 0.2) is 58.1 Å². The molecule has 8 heteroatoms. The van der Waals surface area contributed by atoms with Crippen LogP contribution in [-0.4, -0.2) is 26.7 Å². The van der Waals surface area contributed by atoms with Crippen LogP contribution < -0.4 is 10.9 Å². The molecule has 0 unspecified atom stereocenters. The van der Waals surface area contributed by atoms with Gasteiger partial charge in [-0.25, -0.2) is 9.37 Å². The van der Waals surface area contributed by atoms with E-state index in [1.54, 1.807) is 30.5 Å². The second kappa shape index (κ2) is 9.30. The fraction of sp³-hybridized carbons (Fsp3) is 0.308. The largest absolute Gasteiger partial charge is 0.354 e. The predicted octanol–water partition coefficient (Wildman–Crippen LogP) is 4.91. The van der Waals surface area contributed by atoms with Gasteiger partial charge < -0.3 is 14.4 Å². The molecule has 0 spiro atoms. The van der Waals surface area contributed by atoms with Gasteiger partial charge in [0.05, 0.1) is 17.6 Å². The standard InChI is InChI=1S/C26H26FN5O2/c1-16-26(24-12-22(31-34-24)20-9-7-17(13-28-2)11-21(20)27)30-23(14-29-16)18-8-10-25(33)32(15-18)19-5-3-4-6-19/h7-12,14-15,19,28H,3-6,13H2,1-2H3. The van der Waals surface area contributed by atoms with E-state index in [9.17, 15) is 9.18 Å². The number of halogens is 1. The van der Waals surface area contributed by atoms with Gasteiger partial charge in [0.15, 0.2) is 5.76 Å². The average molecular weight is 460 g/mol. The Balaban J connectivity index is 1.48. The minimum absolute atomic E-state index is 0.00131. The van der Waals surface area contributed by atoms with Crippen molar-refractivity contribution in [1.82, 2.24) is 25.0 Å². The Morgan fingerprint density at radius 2 is 1.97 bits per heavy atom. The summed E-state index contributed by atoms with van der Waals surface area (Å²) in [6.45, 7) is 2.41. The second-order valence-electron chi connectivity index (χ2n) is 8.71. The van der Waals surface area contributed by atoms with E-state index < -0.39 is 0 Å². The molecule has 1 fully saturated rings. The lowest BCUT2D eigenvalue weighted by molar-refractivity contribution is 0.432. The number of hydrogen-bond donors (Lipinski definition) is 1. The monoisotopic (exact) mass is 459 g/mol. The fourth-order valence-electron chi connectivity index (χ4n) is 4.54. The van der Waals surface area contributed by atoms with Gasteiger partial charge in [-0.3, -0.25) is 9.78 Å². The molecular weight excluding hydrogens is 433 g/mol. The van der Waals surface area contributed by atoms with Gasteiger partial charge in [-0.1, -0.05) is 24.1 Å². The van der Waals surface area contributed by atoms with Crippen LogP contribution in [0.2, 0.25) is 0 Å². The van der Waals surface area contributed by atoms with Gasteiger partial charge in [-0.15, -0.1) is 0 Å². The van der Waals surface area contributed by atoms with Gasteiger partial charge in [0, 0.05) is 42.0 Å². The van der Waals surface area contributed by atoms with Crippen molar-refractivity contribution in [2.24, 2.45) is 0 Å². The summed E-state index contributed by atoms with van der Waals surface area (Å²) < 4.78 is 22.0. The third kappa shape index (κ3) is 4.28. The number of aromatic nitrogens is 4. The average Bonchev–Trinajstić information content (AvgIpc) is 3.53. The first-order valence-corrected chi connectivity index (χ1v) is 11.5. The molecule has 174 valence electrons. The van der Waals surface area contributed by atoms with Crippen LogP contribution in [0.5, 0.6) is 0 Å². The highest BCUT2D eigenvalue weighted by Crippen LogP contribution is 2.31. The van der Waals surface area contributed by atoms with Crippen molar-refractivity contribution < 1.29 is 8.91 Å². The molecule has 0 radical (unpaired) electrons. The van der Waals surface area contributed by atoms with E-state index in [2.05, 4.69) is 15.5 Å². The molecule has 1 aliphatic rings. The topological polar surface area (TPSA) is 85.8 Å². The summed E-state index contributed by atoms with van der Waals surface area (Å²) >= 11 is 0. The predicted molar refractivity (Wildman–Crippen MR) is 128 cm³/mol. The Morgan fingerprint density at radius 3 is 2.74 bits per heavy atom. The van der Waals surface area contributed by atoms with E-state index in [0.29, 0.717) is 40.6 Å². The highest BCUT2D eigenvalue weighted by molar-refractivity contribution is 5.68. The van der Waals surface area contributed by atoms with Crippen LogP contribution in [0.1, 0.15) is 43.0 Å². The summed E-state index contributed by atoms with van der Waals surface area (Å²) in [5, 5.41) is 7.09. The van der Waals surface area contributed by atoms with Crippen LogP contribution >= 0.6 is 0 Å². The van der Waals surface area contributed by atoms with Gasteiger partial charge in [-0.05, 0) is 50.6 Å². The number of nitrogens with one attached hydrogen (secondary N) is 1. The Bertz CT molecular complexity index is 1390. The molecule has 0 bridgehead atoms. The van der Waals surface area contributed by atoms with E-state index in [4.69, 9.17) is 9.51 Å². The lowest BCUT2D eigenvalue weighted by Crippen LogP contribution is -2.22. The number of hydrogen-bond acceptors (Lipinski definition) is 6. The van der Waals surface area contributed by atoms with Crippen molar-refractivity contribution in [3.63, 3.8) is 0 Å². The maximum atomic E-state index is 14.7. The third-order valence-corrected chi connectivity index (χ3v) is 6.34. The van der Waals surface area contributed by atoms with Crippen molar-refractivity contribution in [3.8, 4) is 34.0 Å². The van der Waals surface area contributed by atoms with Crippen molar-refractivity contribution in [1.29, 1.82) is 0 Å². The zero-order chi connectivity index (χ0) is 23.7. The van der Waals surface area contributed by atoms with Crippen molar-refractivity contribution >= 4 is 0 Å². The summed E-state index contributed by atoms with van der Waals surface area (Å²) in [6, 6.07) is 10.3. The van der Waals surface area contributed by atoms with E-state index in [0.717, 1.165) is 36.8 Å². The molecule has 0 saturated heterocycles. The van der Waals surface area contributed by atoms with Gasteiger partial charge in [0.25, 0.3) is 5.56 Å². The molecule has 0 amide bonds. The molecule has 1 aliphatic carbocycles. The maximum absolute atomic E-state index is 14.7. The Kier molecular flexibility index (Phi) is 6.06. The number of benzene rings is 1. The quantitative estimate of drug-likeness (QED) is 0.441. The molecule has 0 aliphatic heterocycles. The molecular formula is C26H26FN5O2. The van der Waals surface area contributed by atoms with Gasteiger partial charge in [0.2, 0.25) is 0 Å². The van der Waals surface area contributed by atoms with Crippen LogP contribution in [0.4, 0.5) is 4.39 Å². The van der Waals surface area contributed by atoms with E-state index in [1.165, 1.54) is 6.07 Å². The molecule has 5 rings (SSSR count). The van der Waals surface area contributed by atoms with Crippen molar-refractivity contribution in [3.05, 3.63) is 76.2 Å². The molecule has 3 aromatic heterocycles. The Hall–Kier alpha value is -3.65. The van der Waals surface area contributed by atoms with Crippen LogP contribution in [0, 0.1) is 12.7 Å². The zero-order valence-electron chi connectivity index (χ0n) is 19.2. The normalized spacial score (nSPS) is 14.1. The van der Waals surface area contributed by atoms with Crippen molar-refractivity contribution in [2.75, 3.05) is 7.05 Å². The molecule has 3 heterocycles. The SMILES string of the molecule is CNCc1ccc(-c2cc(-c3nc(-c4ccc(=O)n(C5CCCC5)c4)cnc3C)on2)c(F)c1. The highest BCUT2D eigenvalue weighted by Gasteiger charge is 2.20. The third-order valence-electron chi connectivity index (χ3n) is 6.34. The molecule has 1 aromatic carbocycles. The summed E-state index contributed by atoms with van der Waals surface area (Å²) in [6.07, 6.45) is 7.87. The van der Waals surface area contributed by atoms with Gasteiger partial charge >= 0.3 is 0 Å². The van der Waals surface area contributed by atoms with Crippen molar-refractivity contribution in [2.45, 2.75) is 45.2 Å². The van der Waals surface area contributed by atoms with Gasteiger partial charge in [0.1, 0.15) is 17.2 Å². The van der Waals surface area contributed by atoms with E-state index in [1.807, 2.05) is 30.8 Å². The number of aryl methyl sites for hydroxylation is 1. The van der Waals surface area contributed by atoms with Gasteiger partial charge in [-0.2, -0.15) is 0 Å².